The molecule has 4 aliphatic carbocycles. The average molecular weight is 395 g/mol. The summed E-state index contributed by atoms with van der Waals surface area (Å²) in [4.78, 5) is 39.6. The van der Waals surface area contributed by atoms with E-state index in [9.17, 15) is 14.4 Å². The summed E-state index contributed by atoms with van der Waals surface area (Å²) in [5.74, 6) is 1.32. The van der Waals surface area contributed by atoms with Crippen molar-refractivity contribution in [3.63, 3.8) is 0 Å². The third kappa shape index (κ3) is 3.60. The van der Waals surface area contributed by atoms with Gasteiger partial charge in [-0.15, -0.1) is 0 Å². The lowest BCUT2D eigenvalue weighted by Crippen LogP contribution is -2.51. The number of hydrogen-bond acceptors (Lipinski definition) is 4. The third-order valence-electron chi connectivity index (χ3n) is 7.74. The van der Waals surface area contributed by atoms with Crippen LogP contribution in [0.5, 0.6) is 0 Å². The number of ether oxygens (including phenoxy) is 1. The van der Waals surface area contributed by atoms with Crippen LogP contribution in [0.25, 0.3) is 0 Å². The Bertz CT molecular complexity index is 782. The number of hydrogen-bond donors (Lipinski definition) is 0. The number of esters is 1. The van der Waals surface area contributed by atoms with Crippen molar-refractivity contribution in [2.24, 2.45) is 29.1 Å². The van der Waals surface area contributed by atoms with Crippen molar-refractivity contribution in [1.29, 1.82) is 0 Å². The third-order valence-corrected chi connectivity index (χ3v) is 7.74. The normalized spacial score (nSPS) is 35.2. The predicted octanol–water partition coefficient (Wildman–Crippen LogP) is 3.36. The minimum absolute atomic E-state index is 0.0248. The molecule has 1 aromatic rings. The van der Waals surface area contributed by atoms with Crippen LogP contribution in [-0.2, 0) is 25.7 Å². The van der Waals surface area contributed by atoms with Crippen LogP contribution >= 0.6 is 0 Å². The summed E-state index contributed by atoms with van der Waals surface area (Å²) < 4.78 is 5.46. The molecule has 1 saturated heterocycles. The highest BCUT2D eigenvalue weighted by Crippen LogP contribution is 2.60. The van der Waals surface area contributed by atoms with E-state index in [0.29, 0.717) is 30.8 Å². The second-order valence-corrected chi connectivity index (χ2v) is 9.89. The van der Waals surface area contributed by atoms with Gasteiger partial charge in [-0.2, -0.15) is 0 Å². The summed E-state index contributed by atoms with van der Waals surface area (Å²) >= 11 is 0. The van der Waals surface area contributed by atoms with Crippen molar-refractivity contribution in [3.8, 4) is 0 Å². The molecule has 1 aliphatic heterocycles. The Morgan fingerprint density at radius 3 is 2.24 bits per heavy atom. The zero-order chi connectivity index (χ0) is 20.0. The van der Waals surface area contributed by atoms with Gasteiger partial charge in [0.15, 0.2) is 12.4 Å². The topological polar surface area (TPSA) is 63.7 Å². The molecule has 4 saturated carbocycles. The molecule has 0 spiro atoms. The van der Waals surface area contributed by atoms with Crippen molar-refractivity contribution < 1.29 is 19.1 Å². The van der Waals surface area contributed by atoms with Crippen molar-refractivity contribution in [2.75, 3.05) is 13.2 Å². The number of benzene rings is 1. The van der Waals surface area contributed by atoms with Gasteiger partial charge in [0, 0.05) is 24.9 Å². The molecule has 0 aromatic heterocycles. The fourth-order valence-corrected chi connectivity index (χ4v) is 6.75. The highest BCUT2D eigenvalue weighted by atomic mass is 16.5. The van der Waals surface area contributed by atoms with Crippen LogP contribution in [0, 0.1) is 29.1 Å². The number of nitrogens with zero attached hydrogens (tertiary/aromatic N) is 1. The zero-order valence-electron chi connectivity index (χ0n) is 16.8. The van der Waals surface area contributed by atoms with E-state index in [1.54, 1.807) is 4.90 Å². The molecule has 5 aliphatic rings. The summed E-state index contributed by atoms with van der Waals surface area (Å²) in [5, 5.41) is 0. The lowest BCUT2D eigenvalue weighted by Gasteiger charge is -2.55. The van der Waals surface area contributed by atoms with Crippen molar-refractivity contribution >= 4 is 17.7 Å². The van der Waals surface area contributed by atoms with E-state index < -0.39 is 11.9 Å². The van der Waals surface area contributed by atoms with E-state index in [0.717, 1.165) is 24.8 Å². The Balaban J connectivity index is 1.15. The molecular formula is C24H29NO4. The number of likely N-dealkylation sites (tertiary alicyclic amines) is 1. The first-order valence-corrected chi connectivity index (χ1v) is 11.0. The fourth-order valence-electron chi connectivity index (χ4n) is 6.75. The van der Waals surface area contributed by atoms with Crippen LogP contribution in [0.3, 0.4) is 0 Å². The van der Waals surface area contributed by atoms with Crippen molar-refractivity contribution in [2.45, 2.75) is 51.5 Å². The monoisotopic (exact) mass is 395 g/mol. The Morgan fingerprint density at radius 1 is 1.00 bits per heavy atom. The molecule has 29 heavy (non-hydrogen) atoms. The number of amides is 1. The molecule has 6 rings (SSSR count). The molecule has 0 N–H and O–H groups in total. The molecule has 1 atom stereocenters. The summed E-state index contributed by atoms with van der Waals surface area (Å²) in [6, 6.07) is 9.78. The van der Waals surface area contributed by atoms with Gasteiger partial charge in [-0.25, -0.2) is 0 Å². The van der Waals surface area contributed by atoms with Crippen LogP contribution in [0.1, 0.15) is 50.5 Å². The molecule has 5 nitrogen and oxygen atoms in total. The number of carbonyl (C=O) groups excluding carboxylic acids is 3. The lowest BCUT2D eigenvalue weighted by atomic mass is 9.48. The van der Waals surface area contributed by atoms with Crippen molar-refractivity contribution in [1.82, 2.24) is 4.90 Å². The van der Waals surface area contributed by atoms with Crippen LogP contribution in [0.4, 0.5) is 0 Å². The maximum atomic E-state index is 13.0. The summed E-state index contributed by atoms with van der Waals surface area (Å²) in [5.41, 5.74) is 0.812. The average Bonchev–Trinajstić information content (AvgIpc) is 3.06. The minimum Gasteiger partial charge on any atom is -0.457 e. The molecule has 154 valence electrons. The first-order chi connectivity index (χ1) is 14.0. The Hall–Kier alpha value is -2.17. The molecule has 4 bridgehead atoms. The van der Waals surface area contributed by atoms with Gasteiger partial charge in [0.2, 0.25) is 5.91 Å². The van der Waals surface area contributed by atoms with Crippen molar-refractivity contribution in [3.05, 3.63) is 35.9 Å². The van der Waals surface area contributed by atoms with Gasteiger partial charge in [-0.05, 0) is 61.8 Å². The molecule has 5 heteroatoms. The smallest absolute Gasteiger partial charge is 0.311 e. The summed E-state index contributed by atoms with van der Waals surface area (Å²) in [6.07, 6.45) is 7.00. The van der Waals surface area contributed by atoms with Crippen LogP contribution in [0.15, 0.2) is 30.3 Å². The van der Waals surface area contributed by atoms with E-state index in [1.165, 1.54) is 19.3 Å². The number of rotatable bonds is 6. The highest BCUT2D eigenvalue weighted by molar-refractivity contribution is 5.90. The quantitative estimate of drug-likeness (QED) is 0.693. The molecular weight excluding hydrogens is 366 g/mol. The van der Waals surface area contributed by atoms with E-state index in [4.69, 9.17) is 4.74 Å². The first-order valence-electron chi connectivity index (χ1n) is 11.0. The largest absolute Gasteiger partial charge is 0.457 e. The number of carbonyl (C=O) groups is 3. The number of Topliss-reactive ketones (excluding diaryl/α,β-unsaturated/α-hetero) is 1. The lowest BCUT2D eigenvalue weighted by molar-refractivity contribution is -0.160. The van der Waals surface area contributed by atoms with E-state index in [2.05, 4.69) is 0 Å². The summed E-state index contributed by atoms with van der Waals surface area (Å²) in [6.45, 7) is 0.766. The van der Waals surface area contributed by atoms with Crippen LogP contribution in [-0.4, -0.2) is 35.7 Å². The minimum atomic E-state index is -0.463. The van der Waals surface area contributed by atoms with Crippen LogP contribution in [0.2, 0.25) is 0 Å². The second-order valence-electron chi connectivity index (χ2n) is 9.89. The van der Waals surface area contributed by atoms with E-state index in [1.807, 2.05) is 30.3 Å². The predicted molar refractivity (Wildman–Crippen MR) is 107 cm³/mol. The van der Waals surface area contributed by atoms with Crippen LogP contribution < -0.4 is 0 Å². The molecule has 5 fully saturated rings. The maximum Gasteiger partial charge on any atom is 0.311 e. The van der Waals surface area contributed by atoms with Gasteiger partial charge < -0.3 is 9.64 Å². The van der Waals surface area contributed by atoms with Gasteiger partial charge in [-0.1, -0.05) is 30.3 Å². The SMILES string of the molecule is O=C(OCC(=O)C12CC3CC(CC(C3)C1)C2)C1CC(=O)N(Cc2ccccc2)C1. The zero-order valence-corrected chi connectivity index (χ0v) is 16.8. The maximum absolute atomic E-state index is 13.0. The standard InChI is InChI=1S/C24H29NO4/c26-21(24-10-17-6-18(11-24)8-19(7-17)12-24)15-29-23(28)20-9-22(27)25(14-20)13-16-4-2-1-3-5-16/h1-5,17-20H,6-15H2. The molecule has 0 radical (unpaired) electrons. The molecule has 1 heterocycles. The van der Waals surface area contributed by atoms with E-state index in [-0.39, 0.29) is 30.1 Å². The first kappa shape index (κ1) is 18.8. The van der Waals surface area contributed by atoms with Gasteiger partial charge in [0.05, 0.1) is 5.92 Å². The van der Waals surface area contributed by atoms with Gasteiger partial charge in [0.1, 0.15) is 0 Å². The molecule has 1 amide bonds. The highest BCUT2D eigenvalue weighted by Gasteiger charge is 2.54. The van der Waals surface area contributed by atoms with E-state index >= 15 is 0 Å². The number of ketones is 1. The Kier molecular flexibility index (Phi) is 4.72. The van der Waals surface area contributed by atoms with Gasteiger partial charge in [-0.3, -0.25) is 14.4 Å². The molecule has 1 unspecified atom stereocenters. The second kappa shape index (κ2) is 7.26. The fraction of sp³-hybridized carbons (Fsp3) is 0.625. The Labute approximate surface area is 171 Å². The molecule has 1 aromatic carbocycles. The van der Waals surface area contributed by atoms with Gasteiger partial charge in [0.25, 0.3) is 0 Å². The summed E-state index contributed by atoms with van der Waals surface area (Å²) in [7, 11) is 0. The van der Waals surface area contributed by atoms with Gasteiger partial charge >= 0.3 is 5.97 Å². The Morgan fingerprint density at radius 2 is 1.62 bits per heavy atom.